The third kappa shape index (κ3) is 5.24. The van der Waals surface area contributed by atoms with Crippen molar-refractivity contribution in [2.24, 2.45) is 0 Å². The zero-order chi connectivity index (χ0) is 20.6. The van der Waals surface area contributed by atoms with Crippen molar-refractivity contribution >= 4 is 23.4 Å². The fraction of sp³-hybridized carbons (Fsp3) is 0.273. The predicted octanol–water partition coefficient (Wildman–Crippen LogP) is 4.46. The highest BCUT2D eigenvalue weighted by molar-refractivity contribution is 8.00. The van der Waals surface area contributed by atoms with E-state index in [4.69, 9.17) is 5.26 Å². The molecule has 0 radical (unpaired) electrons. The molecule has 148 valence electrons. The van der Waals surface area contributed by atoms with Crippen molar-refractivity contribution in [3.8, 4) is 17.5 Å². The number of aryl methyl sites for hydroxylation is 1. The van der Waals surface area contributed by atoms with Crippen LogP contribution in [0.4, 0.5) is 5.69 Å². The van der Waals surface area contributed by atoms with Gasteiger partial charge in [0.25, 0.3) is 0 Å². The molecule has 0 aliphatic rings. The Kier molecular flexibility index (Phi) is 7.04. The normalized spacial score (nSPS) is 11.6. The Bertz CT molecular complexity index is 978. The van der Waals surface area contributed by atoms with Crippen molar-refractivity contribution in [1.82, 2.24) is 15.2 Å². The number of amides is 1. The first-order valence-corrected chi connectivity index (χ1v) is 10.4. The fourth-order valence-corrected chi connectivity index (χ4v) is 3.68. The molecule has 3 rings (SSSR count). The van der Waals surface area contributed by atoms with Crippen LogP contribution < -0.4 is 4.90 Å². The fourth-order valence-electron chi connectivity index (χ4n) is 2.89. The van der Waals surface area contributed by atoms with Gasteiger partial charge in [-0.05, 0) is 31.0 Å². The number of hydrogen-bond donors (Lipinski definition) is 1. The van der Waals surface area contributed by atoms with Gasteiger partial charge in [-0.3, -0.25) is 9.89 Å². The standard InChI is InChI=1S/C22H23N5OS/c1-3-17-10-12-18(13-11-17)20-24-22(26-25-20)29-16(2)21(28)27(15-7-14-23)19-8-5-4-6-9-19/h4-6,8-13,16H,3,7,15H2,1-2H3,(H,24,25,26). The van der Waals surface area contributed by atoms with E-state index in [1.807, 2.05) is 49.4 Å². The van der Waals surface area contributed by atoms with Crippen LogP contribution in [-0.2, 0) is 11.2 Å². The number of thioether (sulfide) groups is 1. The van der Waals surface area contributed by atoms with Crippen molar-refractivity contribution in [2.45, 2.75) is 37.1 Å². The van der Waals surface area contributed by atoms with Crippen LogP contribution in [0.3, 0.4) is 0 Å². The summed E-state index contributed by atoms with van der Waals surface area (Å²) in [5.41, 5.74) is 3.01. The van der Waals surface area contributed by atoms with Crippen molar-refractivity contribution in [3.63, 3.8) is 0 Å². The zero-order valence-electron chi connectivity index (χ0n) is 16.5. The molecule has 0 aliphatic carbocycles. The molecular formula is C22H23N5OS. The molecule has 1 aromatic heterocycles. The lowest BCUT2D eigenvalue weighted by Gasteiger charge is -2.24. The van der Waals surface area contributed by atoms with Crippen LogP contribution in [0.5, 0.6) is 0 Å². The third-order valence-electron chi connectivity index (χ3n) is 4.51. The van der Waals surface area contributed by atoms with Crippen LogP contribution in [0.25, 0.3) is 11.4 Å². The maximum Gasteiger partial charge on any atom is 0.240 e. The van der Waals surface area contributed by atoms with Gasteiger partial charge in [-0.1, -0.05) is 61.2 Å². The quantitative estimate of drug-likeness (QED) is 0.559. The molecule has 1 heterocycles. The number of nitrogens with zero attached hydrogens (tertiary/aromatic N) is 4. The number of nitriles is 1. The number of anilines is 1. The monoisotopic (exact) mass is 405 g/mol. The Labute approximate surface area is 175 Å². The van der Waals surface area contributed by atoms with Crippen LogP contribution >= 0.6 is 11.8 Å². The summed E-state index contributed by atoms with van der Waals surface area (Å²) in [6.45, 7) is 4.31. The van der Waals surface area contributed by atoms with Gasteiger partial charge in [0.2, 0.25) is 11.1 Å². The second-order valence-corrected chi connectivity index (χ2v) is 7.82. The van der Waals surface area contributed by atoms with Gasteiger partial charge < -0.3 is 4.90 Å². The lowest BCUT2D eigenvalue weighted by atomic mass is 10.1. The number of para-hydroxylation sites is 1. The molecule has 0 aliphatic heterocycles. The number of H-pyrrole nitrogens is 1. The molecule has 6 nitrogen and oxygen atoms in total. The summed E-state index contributed by atoms with van der Waals surface area (Å²) < 4.78 is 0. The van der Waals surface area contributed by atoms with Crippen LogP contribution in [0.2, 0.25) is 0 Å². The van der Waals surface area contributed by atoms with E-state index < -0.39 is 0 Å². The third-order valence-corrected chi connectivity index (χ3v) is 5.46. The number of benzene rings is 2. The summed E-state index contributed by atoms with van der Waals surface area (Å²) in [7, 11) is 0. The summed E-state index contributed by atoms with van der Waals surface area (Å²) in [6.07, 6.45) is 1.26. The minimum absolute atomic E-state index is 0.0740. The number of nitrogens with one attached hydrogen (secondary N) is 1. The lowest BCUT2D eigenvalue weighted by molar-refractivity contribution is -0.117. The number of carbonyl (C=O) groups excluding carboxylic acids is 1. The Balaban J connectivity index is 1.71. The average molecular weight is 406 g/mol. The number of carbonyl (C=O) groups is 1. The molecule has 2 aromatic carbocycles. The van der Waals surface area contributed by atoms with Crippen molar-refractivity contribution in [2.75, 3.05) is 11.4 Å². The van der Waals surface area contributed by atoms with E-state index in [2.05, 4.69) is 40.3 Å². The molecule has 0 bridgehead atoms. The predicted molar refractivity (Wildman–Crippen MR) is 116 cm³/mol. The van der Waals surface area contributed by atoms with Gasteiger partial charge in [0.05, 0.1) is 17.7 Å². The summed E-state index contributed by atoms with van der Waals surface area (Å²) in [5, 5.41) is 16.3. The molecule has 1 amide bonds. The molecule has 0 saturated carbocycles. The van der Waals surface area contributed by atoms with Gasteiger partial charge in [0.1, 0.15) is 0 Å². The molecule has 1 N–H and O–H groups in total. The molecule has 1 atom stereocenters. The first-order valence-electron chi connectivity index (χ1n) is 9.54. The SMILES string of the molecule is CCc1ccc(-c2nc(SC(C)C(=O)N(CCC#N)c3ccccc3)n[nH]2)cc1. The van der Waals surface area contributed by atoms with E-state index in [0.717, 1.165) is 17.7 Å². The molecule has 7 heteroatoms. The minimum atomic E-state index is -0.389. The van der Waals surface area contributed by atoms with Crippen LogP contribution in [0.15, 0.2) is 59.8 Å². The van der Waals surface area contributed by atoms with Crippen LogP contribution in [0.1, 0.15) is 25.8 Å². The minimum Gasteiger partial charge on any atom is -0.310 e. The molecule has 1 unspecified atom stereocenters. The summed E-state index contributed by atoms with van der Waals surface area (Å²) in [5.74, 6) is 0.606. The van der Waals surface area contributed by atoms with Crippen molar-refractivity contribution in [1.29, 1.82) is 5.26 Å². The molecule has 0 fully saturated rings. The van der Waals surface area contributed by atoms with Gasteiger partial charge >= 0.3 is 0 Å². The highest BCUT2D eigenvalue weighted by Crippen LogP contribution is 2.26. The van der Waals surface area contributed by atoms with E-state index >= 15 is 0 Å². The highest BCUT2D eigenvalue weighted by atomic mass is 32.2. The van der Waals surface area contributed by atoms with Crippen LogP contribution in [0, 0.1) is 11.3 Å². The molecular weight excluding hydrogens is 382 g/mol. The summed E-state index contributed by atoms with van der Waals surface area (Å²) in [6, 6.07) is 19.7. The van der Waals surface area contributed by atoms with Gasteiger partial charge in [-0.2, -0.15) is 5.26 Å². The molecule has 0 saturated heterocycles. The van der Waals surface area contributed by atoms with E-state index in [1.165, 1.54) is 17.3 Å². The van der Waals surface area contributed by atoms with E-state index in [-0.39, 0.29) is 17.6 Å². The largest absolute Gasteiger partial charge is 0.310 e. The van der Waals surface area contributed by atoms with Crippen molar-refractivity contribution in [3.05, 3.63) is 60.2 Å². The van der Waals surface area contributed by atoms with Gasteiger partial charge in [-0.25, -0.2) is 4.98 Å². The molecule has 0 spiro atoms. The van der Waals surface area contributed by atoms with Crippen molar-refractivity contribution < 1.29 is 4.79 Å². The Morgan fingerprint density at radius 1 is 1.21 bits per heavy atom. The highest BCUT2D eigenvalue weighted by Gasteiger charge is 2.24. The number of aromatic nitrogens is 3. The zero-order valence-corrected chi connectivity index (χ0v) is 17.3. The Morgan fingerprint density at radius 2 is 1.93 bits per heavy atom. The maximum absolute atomic E-state index is 13.0. The second kappa shape index (κ2) is 9.89. The Morgan fingerprint density at radius 3 is 2.59 bits per heavy atom. The Hall–Kier alpha value is -3.11. The number of aromatic amines is 1. The summed E-state index contributed by atoms with van der Waals surface area (Å²) >= 11 is 1.30. The first kappa shape index (κ1) is 20.6. The van der Waals surface area contributed by atoms with Crippen LogP contribution in [-0.4, -0.2) is 32.9 Å². The maximum atomic E-state index is 13.0. The number of rotatable bonds is 8. The lowest BCUT2D eigenvalue weighted by Crippen LogP contribution is -2.37. The number of hydrogen-bond acceptors (Lipinski definition) is 5. The van der Waals surface area contributed by atoms with Gasteiger partial charge in [0, 0.05) is 17.8 Å². The topological polar surface area (TPSA) is 85.7 Å². The molecule has 3 aromatic rings. The van der Waals surface area contributed by atoms with E-state index in [1.54, 1.807) is 4.90 Å². The second-order valence-electron chi connectivity index (χ2n) is 6.51. The summed E-state index contributed by atoms with van der Waals surface area (Å²) in [4.78, 5) is 19.2. The smallest absolute Gasteiger partial charge is 0.240 e. The first-order chi connectivity index (χ1) is 14.1. The van der Waals surface area contributed by atoms with Gasteiger partial charge in [0.15, 0.2) is 5.82 Å². The van der Waals surface area contributed by atoms with E-state index in [9.17, 15) is 4.79 Å². The molecule has 29 heavy (non-hydrogen) atoms. The van der Waals surface area contributed by atoms with E-state index in [0.29, 0.717) is 17.5 Å². The average Bonchev–Trinajstić information content (AvgIpc) is 3.23. The van der Waals surface area contributed by atoms with Gasteiger partial charge in [-0.15, -0.1) is 5.10 Å².